The van der Waals surface area contributed by atoms with Crippen LogP contribution in [0.2, 0.25) is 0 Å². The second kappa shape index (κ2) is 7.25. The average molecular weight is 350 g/mol. The molecule has 1 amide bonds. The van der Waals surface area contributed by atoms with E-state index < -0.39 is 0 Å². The molecular weight excluding hydrogens is 328 g/mol. The zero-order valence-electron chi connectivity index (χ0n) is 14.8. The summed E-state index contributed by atoms with van der Waals surface area (Å²) in [5.41, 5.74) is 2.58. The Morgan fingerprint density at radius 2 is 2.19 bits per heavy atom. The van der Waals surface area contributed by atoms with Gasteiger partial charge in [-0.25, -0.2) is 0 Å². The van der Waals surface area contributed by atoms with Crippen molar-refractivity contribution in [3.63, 3.8) is 0 Å². The molecule has 3 heterocycles. The van der Waals surface area contributed by atoms with E-state index in [9.17, 15) is 4.79 Å². The third kappa shape index (κ3) is 3.20. The Balaban J connectivity index is 1.57. The van der Waals surface area contributed by atoms with Crippen LogP contribution in [0.1, 0.15) is 35.4 Å². The molecule has 0 bridgehead atoms. The van der Waals surface area contributed by atoms with Gasteiger partial charge in [-0.2, -0.15) is 5.10 Å². The quantitative estimate of drug-likeness (QED) is 0.664. The minimum absolute atomic E-state index is 0.0112. The average Bonchev–Trinajstić information content (AvgIpc) is 3.16. The molecule has 1 aliphatic heterocycles. The minimum Gasteiger partial charge on any atom is -0.382 e. The highest BCUT2D eigenvalue weighted by Gasteiger charge is 2.29. The third-order valence-electron chi connectivity index (χ3n) is 4.81. The van der Waals surface area contributed by atoms with Gasteiger partial charge in [0.1, 0.15) is 0 Å². The Morgan fingerprint density at radius 3 is 3.08 bits per heavy atom. The van der Waals surface area contributed by atoms with Gasteiger partial charge in [-0.3, -0.25) is 14.5 Å². The van der Waals surface area contributed by atoms with Crippen LogP contribution in [0.4, 0.5) is 0 Å². The normalized spacial score (nSPS) is 16.7. The van der Waals surface area contributed by atoms with Gasteiger partial charge in [-0.05, 0) is 31.5 Å². The van der Waals surface area contributed by atoms with Gasteiger partial charge >= 0.3 is 0 Å². The number of para-hydroxylation sites is 1. The van der Waals surface area contributed by atoms with Crippen molar-refractivity contribution in [2.45, 2.75) is 25.9 Å². The lowest BCUT2D eigenvalue weighted by molar-refractivity contribution is 0.0625. The van der Waals surface area contributed by atoms with E-state index in [1.165, 1.54) is 0 Å². The molecule has 3 aromatic rings. The van der Waals surface area contributed by atoms with E-state index in [0.717, 1.165) is 23.0 Å². The molecule has 6 heteroatoms. The zero-order chi connectivity index (χ0) is 17.9. The Labute approximate surface area is 152 Å². The number of amides is 1. The number of fused-ring (bicyclic) bond motifs is 2. The first-order chi connectivity index (χ1) is 12.8. The van der Waals surface area contributed by atoms with Gasteiger partial charge in [0.25, 0.3) is 5.91 Å². The van der Waals surface area contributed by atoms with Crippen LogP contribution in [0.15, 0.2) is 48.8 Å². The van der Waals surface area contributed by atoms with Crippen molar-refractivity contribution in [1.82, 2.24) is 19.7 Å². The van der Waals surface area contributed by atoms with Crippen molar-refractivity contribution in [3.8, 4) is 0 Å². The molecule has 134 valence electrons. The maximum atomic E-state index is 13.1. The first-order valence-corrected chi connectivity index (χ1v) is 9.00. The summed E-state index contributed by atoms with van der Waals surface area (Å²) in [4.78, 5) is 19.4. The molecule has 0 N–H and O–H groups in total. The summed E-state index contributed by atoms with van der Waals surface area (Å²) in [5, 5.41) is 5.42. The van der Waals surface area contributed by atoms with Crippen molar-refractivity contribution in [2.75, 3.05) is 19.8 Å². The second-order valence-electron chi connectivity index (χ2n) is 6.51. The number of carbonyl (C=O) groups is 1. The minimum atomic E-state index is 0.0112. The summed E-state index contributed by atoms with van der Waals surface area (Å²) in [6, 6.07) is 11.9. The van der Waals surface area contributed by atoms with E-state index in [1.807, 2.05) is 52.9 Å². The molecule has 0 spiro atoms. The number of carbonyl (C=O) groups excluding carboxylic acids is 1. The first-order valence-electron chi connectivity index (χ1n) is 9.00. The summed E-state index contributed by atoms with van der Waals surface area (Å²) in [7, 11) is 0. The molecule has 1 aromatic carbocycles. The van der Waals surface area contributed by atoms with Gasteiger partial charge in [0, 0.05) is 37.5 Å². The zero-order valence-corrected chi connectivity index (χ0v) is 14.8. The number of benzene rings is 1. The molecule has 6 nitrogen and oxygen atoms in total. The summed E-state index contributed by atoms with van der Waals surface area (Å²) >= 11 is 0. The lowest BCUT2D eigenvalue weighted by Crippen LogP contribution is -2.41. The fraction of sp³-hybridized carbons (Fsp3) is 0.350. The highest BCUT2D eigenvalue weighted by Crippen LogP contribution is 2.25. The molecule has 0 aliphatic carbocycles. The number of aromatic nitrogens is 3. The molecule has 0 saturated heterocycles. The van der Waals surface area contributed by atoms with Crippen molar-refractivity contribution < 1.29 is 9.53 Å². The van der Waals surface area contributed by atoms with E-state index in [1.54, 1.807) is 12.4 Å². The number of hydrogen-bond acceptors (Lipinski definition) is 4. The molecule has 0 saturated carbocycles. The smallest absolute Gasteiger partial charge is 0.255 e. The van der Waals surface area contributed by atoms with Crippen LogP contribution in [0.3, 0.4) is 0 Å². The van der Waals surface area contributed by atoms with E-state index in [0.29, 0.717) is 31.9 Å². The molecule has 4 rings (SSSR count). The van der Waals surface area contributed by atoms with Gasteiger partial charge in [0.2, 0.25) is 0 Å². The number of nitrogens with zero attached hydrogens (tertiary/aromatic N) is 4. The number of rotatable bonds is 5. The molecule has 0 fully saturated rings. The molecule has 1 unspecified atom stereocenters. The molecule has 1 atom stereocenters. The fourth-order valence-electron chi connectivity index (χ4n) is 3.49. The number of pyridine rings is 1. The summed E-state index contributed by atoms with van der Waals surface area (Å²) in [6.45, 7) is 4.55. The summed E-state index contributed by atoms with van der Waals surface area (Å²) in [5.74, 6) is 0.0112. The van der Waals surface area contributed by atoms with Crippen LogP contribution in [0.25, 0.3) is 10.9 Å². The van der Waals surface area contributed by atoms with Crippen LogP contribution < -0.4 is 0 Å². The molecule has 2 aromatic heterocycles. The summed E-state index contributed by atoms with van der Waals surface area (Å²) < 4.78 is 7.53. The Kier molecular flexibility index (Phi) is 4.67. The van der Waals surface area contributed by atoms with E-state index in [2.05, 4.69) is 10.1 Å². The Morgan fingerprint density at radius 1 is 1.31 bits per heavy atom. The van der Waals surface area contributed by atoms with Crippen LogP contribution in [0, 0.1) is 0 Å². The Hall–Kier alpha value is -2.73. The van der Waals surface area contributed by atoms with E-state index >= 15 is 0 Å². The van der Waals surface area contributed by atoms with Crippen molar-refractivity contribution in [2.24, 2.45) is 0 Å². The predicted octanol–water partition coefficient (Wildman–Crippen LogP) is 3.06. The van der Waals surface area contributed by atoms with Gasteiger partial charge in [0.05, 0.1) is 29.4 Å². The largest absolute Gasteiger partial charge is 0.382 e. The van der Waals surface area contributed by atoms with E-state index in [4.69, 9.17) is 4.74 Å². The maximum Gasteiger partial charge on any atom is 0.255 e. The lowest BCUT2D eigenvalue weighted by atomic mass is 10.1. The Bertz CT molecular complexity index is 921. The van der Waals surface area contributed by atoms with Crippen LogP contribution >= 0.6 is 0 Å². The van der Waals surface area contributed by atoms with E-state index in [-0.39, 0.29) is 11.9 Å². The molecular formula is C20H22N4O2. The van der Waals surface area contributed by atoms with Gasteiger partial charge < -0.3 is 9.64 Å². The standard InChI is InChI=1S/C20H22N4O2/c1-2-26-10-8-18-14-23(13-17-7-9-22-24(17)18)20(25)16-11-15-5-3-4-6-19(15)21-12-16/h3-7,9,11-12,18H,2,8,10,13-14H2,1H3. The second-order valence-corrected chi connectivity index (χ2v) is 6.51. The van der Waals surface area contributed by atoms with Crippen molar-refractivity contribution in [3.05, 3.63) is 60.0 Å². The van der Waals surface area contributed by atoms with Crippen molar-refractivity contribution >= 4 is 16.8 Å². The van der Waals surface area contributed by atoms with Gasteiger partial charge in [-0.1, -0.05) is 18.2 Å². The molecule has 0 radical (unpaired) electrons. The number of hydrogen-bond donors (Lipinski definition) is 0. The maximum absolute atomic E-state index is 13.1. The van der Waals surface area contributed by atoms with Gasteiger partial charge in [-0.15, -0.1) is 0 Å². The fourth-order valence-corrected chi connectivity index (χ4v) is 3.49. The summed E-state index contributed by atoms with van der Waals surface area (Å²) in [6.07, 6.45) is 4.31. The number of ether oxygens (including phenoxy) is 1. The SMILES string of the molecule is CCOCCC1CN(C(=O)c2cnc3ccccc3c2)Cc2ccnn21. The highest BCUT2D eigenvalue weighted by molar-refractivity contribution is 5.97. The lowest BCUT2D eigenvalue weighted by Gasteiger charge is -2.34. The van der Waals surface area contributed by atoms with Crippen molar-refractivity contribution in [1.29, 1.82) is 0 Å². The molecule has 26 heavy (non-hydrogen) atoms. The van der Waals surface area contributed by atoms with Crippen LogP contribution in [0.5, 0.6) is 0 Å². The third-order valence-corrected chi connectivity index (χ3v) is 4.81. The van der Waals surface area contributed by atoms with Gasteiger partial charge in [0.15, 0.2) is 0 Å². The first kappa shape index (κ1) is 16.7. The topological polar surface area (TPSA) is 60.2 Å². The highest BCUT2D eigenvalue weighted by atomic mass is 16.5. The molecule has 1 aliphatic rings. The monoisotopic (exact) mass is 350 g/mol. The predicted molar refractivity (Wildman–Crippen MR) is 98.9 cm³/mol. The van der Waals surface area contributed by atoms with Crippen LogP contribution in [-0.2, 0) is 11.3 Å². The van der Waals surface area contributed by atoms with Crippen LogP contribution in [-0.4, -0.2) is 45.3 Å².